The van der Waals surface area contributed by atoms with Gasteiger partial charge in [0.05, 0.1) is 18.7 Å². The lowest BCUT2D eigenvalue weighted by Gasteiger charge is -2.14. The van der Waals surface area contributed by atoms with E-state index in [-0.39, 0.29) is 17.7 Å². The van der Waals surface area contributed by atoms with E-state index in [1.165, 1.54) is 36.2 Å². The van der Waals surface area contributed by atoms with Crippen LogP contribution in [0, 0.1) is 0 Å². The van der Waals surface area contributed by atoms with Crippen molar-refractivity contribution in [3.8, 4) is 5.75 Å². The topological polar surface area (TPSA) is 80.3 Å². The van der Waals surface area contributed by atoms with Crippen LogP contribution in [0.25, 0.3) is 0 Å². The van der Waals surface area contributed by atoms with Gasteiger partial charge in [-0.15, -0.1) is 11.3 Å². The standard InChI is InChI=1S/C23H27N3O3S/c1-29-17-9-7-16(8-10-17)21(27)26-23-25-20-18(11-12-19(20)30-23)22(28)24-14-13-15-5-3-2-4-6-15/h5,7-10,18H,2-4,6,11-14H2,1H3,(H,24,28)(H,25,26,27)/t18-/m1/s1. The minimum absolute atomic E-state index is 0.0449. The van der Waals surface area contributed by atoms with Gasteiger partial charge in [-0.05, 0) is 69.2 Å². The molecule has 0 radical (unpaired) electrons. The number of amides is 2. The molecule has 1 atom stereocenters. The molecular formula is C23H27N3O3S. The van der Waals surface area contributed by atoms with Gasteiger partial charge in [-0.1, -0.05) is 11.6 Å². The molecule has 0 saturated heterocycles. The summed E-state index contributed by atoms with van der Waals surface area (Å²) in [6, 6.07) is 6.93. The van der Waals surface area contributed by atoms with Crippen LogP contribution in [0.5, 0.6) is 5.75 Å². The van der Waals surface area contributed by atoms with Crippen LogP contribution in [0.3, 0.4) is 0 Å². The Morgan fingerprint density at radius 1 is 1.20 bits per heavy atom. The molecule has 0 bridgehead atoms. The summed E-state index contributed by atoms with van der Waals surface area (Å²) in [6.07, 6.45) is 9.74. The Morgan fingerprint density at radius 2 is 2.03 bits per heavy atom. The Morgan fingerprint density at radius 3 is 2.77 bits per heavy atom. The normalized spacial score (nSPS) is 17.8. The monoisotopic (exact) mass is 425 g/mol. The van der Waals surface area contributed by atoms with Crippen LogP contribution in [0.1, 0.15) is 65.4 Å². The van der Waals surface area contributed by atoms with Crippen molar-refractivity contribution >= 4 is 28.3 Å². The van der Waals surface area contributed by atoms with E-state index in [0.29, 0.717) is 23.0 Å². The van der Waals surface area contributed by atoms with Gasteiger partial charge >= 0.3 is 0 Å². The maximum Gasteiger partial charge on any atom is 0.257 e. The molecule has 0 unspecified atom stereocenters. The van der Waals surface area contributed by atoms with Crippen LogP contribution in [0.15, 0.2) is 35.9 Å². The number of thiazole rings is 1. The van der Waals surface area contributed by atoms with Crippen LogP contribution in [-0.4, -0.2) is 30.5 Å². The summed E-state index contributed by atoms with van der Waals surface area (Å²) in [7, 11) is 1.59. The molecule has 0 aliphatic heterocycles. The number of aryl methyl sites for hydroxylation is 1. The summed E-state index contributed by atoms with van der Waals surface area (Å²) in [5, 5.41) is 6.49. The summed E-state index contributed by atoms with van der Waals surface area (Å²) < 4.78 is 5.12. The molecule has 1 aromatic carbocycles. The highest BCUT2D eigenvalue weighted by atomic mass is 32.1. The van der Waals surface area contributed by atoms with Crippen molar-refractivity contribution < 1.29 is 14.3 Å². The van der Waals surface area contributed by atoms with Gasteiger partial charge in [0, 0.05) is 17.0 Å². The number of benzene rings is 1. The molecule has 7 heteroatoms. The highest BCUT2D eigenvalue weighted by Gasteiger charge is 2.32. The molecule has 0 fully saturated rings. The lowest BCUT2D eigenvalue weighted by molar-refractivity contribution is -0.122. The number of anilines is 1. The first-order valence-electron chi connectivity index (χ1n) is 10.5. The van der Waals surface area contributed by atoms with E-state index in [9.17, 15) is 9.59 Å². The Bertz CT molecular complexity index is 949. The molecule has 2 aliphatic rings. The molecule has 1 aromatic heterocycles. The van der Waals surface area contributed by atoms with Crippen molar-refractivity contribution in [3.05, 3.63) is 52.0 Å². The second kappa shape index (κ2) is 9.43. The maximum atomic E-state index is 12.7. The average molecular weight is 426 g/mol. The molecule has 0 spiro atoms. The quantitative estimate of drug-likeness (QED) is 0.643. The highest BCUT2D eigenvalue weighted by Crippen LogP contribution is 2.38. The second-order valence-corrected chi connectivity index (χ2v) is 8.83. The van der Waals surface area contributed by atoms with E-state index in [1.54, 1.807) is 31.4 Å². The van der Waals surface area contributed by atoms with Gasteiger partial charge in [0.25, 0.3) is 5.91 Å². The number of rotatable bonds is 7. The first-order chi connectivity index (χ1) is 14.6. The fourth-order valence-corrected chi connectivity index (χ4v) is 5.08. The molecule has 158 valence electrons. The van der Waals surface area contributed by atoms with Gasteiger partial charge < -0.3 is 10.1 Å². The fourth-order valence-electron chi connectivity index (χ4n) is 4.05. The van der Waals surface area contributed by atoms with E-state index in [0.717, 1.165) is 36.3 Å². The minimum Gasteiger partial charge on any atom is -0.497 e. The molecule has 4 rings (SSSR count). The molecule has 6 nitrogen and oxygen atoms in total. The van der Waals surface area contributed by atoms with Gasteiger partial charge in [-0.3, -0.25) is 14.9 Å². The molecule has 0 saturated carbocycles. The molecule has 2 aliphatic carbocycles. The van der Waals surface area contributed by atoms with E-state index >= 15 is 0 Å². The van der Waals surface area contributed by atoms with Crippen molar-refractivity contribution in [1.82, 2.24) is 10.3 Å². The highest BCUT2D eigenvalue weighted by molar-refractivity contribution is 7.16. The second-order valence-electron chi connectivity index (χ2n) is 7.75. The van der Waals surface area contributed by atoms with Crippen LogP contribution in [0.4, 0.5) is 5.13 Å². The van der Waals surface area contributed by atoms with Gasteiger partial charge in [0.2, 0.25) is 5.91 Å². The Hall–Kier alpha value is -2.67. The Kier molecular flexibility index (Phi) is 6.47. The van der Waals surface area contributed by atoms with Crippen molar-refractivity contribution in [1.29, 1.82) is 0 Å². The molecule has 2 amide bonds. The number of carbonyl (C=O) groups excluding carboxylic acids is 2. The van der Waals surface area contributed by atoms with Crippen molar-refractivity contribution in [3.63, 3.8) is 0 Å². The van der Waals surface area contributed by atoms with Crippen LogP contribution >= 0.6 is 11.3 Å². The zero-order valence-electron chi connectivity index (χ0n) is 17.2. The van der Waals surface area contributed by atoms with Crippen LogP contribution in [0.2, 0.25) is 0 Å². The summed E-state index contributed by atoms with van der Waals surface area (Å²) in [5.41, 5.74) is 2.82. The van der Waals surface area contributed by atoms with Crippen LogP contribution in [-0.2, 0) is 11.2 Å². The first kappa shape index (κ1) is 20.6. The third-order valence-corrected chi connectivity index (χ3v) is 6.78. The smallest absolute Gasteiger partial charge is 0.257 e. The number of aromatic nitrogens is 1. The molecule has 2 N–H and O–H groups in total. The number of hydrogen-bond acceptors (Lipinski definition) is 5. The lowest BCUT2D eigenvalue weighted by atomic mass is 9.97. The van der Waals surface area contributed by atoms with Crippen LogP contribution < -0.4 is 15.4 Å². The molecule has 1 heterocycles. The van der Waals surface area contributed by atoms with E-state index < -0.39 is 0 Å². The van der Waals surface area contributed by atoms with Crippen molar-refractivity contribution in [2.45, 2.75) is 50.9 Å². The van der Waals surface area contributed by atoms with Crippen molar-refractivity contribution in [2.24, 2.45) is 0 Å². The predicted octanol–water partition coefficient (Wildman–Crippen LogP) is 4.44. The zero-order chi connectivity index (χ0) is 20.9. The number of fused-ring (bicyclic) bond motifs is 1. The summed E-state index contributed by atoms with van der Waals surface area (Å²) in [5.74, 6) is 0.312. The summed E-state index contributed by atoms with van der Waals surface area (Å²) >= 11 is 1.46. The van der Waals surface area contributed by atoms with Gasteiger partial charge in [-0.25, -0.2) is 4.98 Å². The van der Waals surface area contributed by atoms with E-state index in [1.807, 2.05) is 0 Å². The molecule has 2 aromatic rings. The predicted molar refractivity (Wildman–Crippen MR) is 118 cm³/mol. The Labute approximate surface area is 180 Å². The number of carbonyl (C=O) groups is 2. The number of nitrogens with zero attached hydrogens (tertiary/aromatic N) is 1. The van der Waals surface area contributed by atoms with Gasteiger partial charge in [0.15, 0.2) is 5.13 Å². The Balaban J connectivity index is 1.33. The fraction of sp³-hybridized carbons (Fsp3) is 0.435. The molecular weight excluding hydrogens is 398 g/mol. The van der Waals surface area contributed by atoms with Gasteiger partial charge in [-0.2, -0.15) is 0 Å². The summed E-state index contributed by atoms with van der Waals surface area (Å²) in [6.45, 7) is 0.682. The minimum atomic E-state index is -0.219. The third kappa shape index (κ3) is 4.73. The lowest BCUT2D eigenvalue weighted by Crippen LogP contribution is -2.29. The number of nitrogens with one attached hydrogen (secondary N) is 2. The number of allylic oxidation sites excluding steroid dienone is 1. The van der Waals surface area contributed by atoms with Gasteiger partial charge in [0.1, 0.15) is 5.75 Å². The average Bonchev–Trinajstić information content (AvgIpc) is 3.34. The van der Waals surface area contributed by atoms with Crippen molar-refractivity contribution in [2.75, 3.05) is 19.0 Å². The maximum absolute atomic E-state index is 12.7. The zero-order valence-corrected chi connectivity index (χ0v) is 18.0. The first-order valence-corrected chi connectivity index (χ1v) is 11.4. The third-order valence-electron chi connectivity index (χ3n) is 5.74. The van der Waals surface area contributed by atoms with E-state index in [2.05, 4.69) is 21.7 Å². The number of methoxy groups -OCH3 is 1. The molecule has 30 heavy (non-hydrogen) atoms. The summed E-state index contributed by atoms with van der Waals surface area (Å²) in [4.78, 5) is 30.8. The number of ether oxygens (including phenoxy) is 1. The number of hydrogen-bond donors (Lipinski definition) is 2. The SMILES string of the molecule is COc1ccc(C(=O)Nc2nc3c(s2)CC[C@H]3C(=O)NCCC2=CCCCC2)cc1. The van der Waals surface area contributed by atoms with E-state index in [4.69, 9.17) is 4.74 Å². The largest absolute Gasteiger partial charge is 0.497 e.